The van der Waals surface area contributed by atoms with Crippen LogP contribution in [0.25, 0.3) is 88.8 Å². The van der Waals surface area contributed by atoms with Crippen molar-refractivity contribution in [3.8, 4) is 45.3 Å². The van der Waals surface area contributed by atoms with Gasteiger partial charge >= 0.3 is 0 Å². The summed E-state index contributed by atoms with van der Waals surface area (Å²) in [4.78, 5) is 15.2. The molecule has 0 aliphatic carbocycles. The Balaban J connectivity index is 1.38. The van der Waals surface area contributed by atoms with Crippen LogP contribution in [0.15, 0.2) is 156 Å². The highest BCUT2D eigenvalue weighted by Gasteiger charge is 2.20. The second kappa shape index (κ2) is 10.2. The standard InChI is InChI=1S/C41H25N3O/c1-3-13-26(14-4-1)39-42-40(27-15-5-2-6-16-27)44-41(43-39)34-24-30(23-28-17-7-9-19-31(28)34)37-32-20-10-8-18-29(32)25-36-38(37)33-21-11-12-22-35(33)45-36/h1-25H. The van der Waals surface area contributed by atoms with E-state index >= 15 is 0 Å². The summed E-state index contributed by atoms with van der Waals surface area (Å²) in [5.74, 6) is 1.92. The van der Waals surface area contributed by atoms with Crippen molar-refractivity contribution in [3.05, 3.63) is 152 Å². The zero-order valence-electron chi connectivity index (χ0n) is 24.2. The van der Waals surface area contributed by atoms with Gasteiger partial charge in [-0.3, -0.25) is 0 Å². The number of rotatable bonds is 4. The second-order valence-corrected chi connectivity index (χ2v) is 11.2. The molecule has 210 valence electrons. The number of fused-ring (bicyclic) bond motifs is 5. The van der Waals surface area contributed by atoms with Crippen molar-refractivity contribution >= 4 is 43.5 Å². The predicted molar refractivity (Wildman–Crippen MR) is 184 cm³/mol. The van der Waals surface area contributed by atoms with E-state index in [1.54, 1.807) is 0 Å². The van der Waals surface area contributed by atoms with Crippen LogP contribution >= 0.6 is 0 Å². The van der Waals surface area contributed by atoms with Crippen molar-refractivity contribution in [2.45, 2.75) is 0 Å². The van der Waals surface area contributed by atoms with Gasteiger partial charge in [-0.25, -0.2) is 15.0 Å². The third kappa shape index (κ3) is 4.27. The summed E-state index contributed by atoms with van der Waals surface area (Å²) in [5, 5.41) is 6.70. The zero-order chi connectivity index (χ0) is 29.7. The second-order valence-electron chi connectivity index (χ2n) is 11.2. The molecular formula is C41H25N3O. The summed E-state index contributed by atoms with van der Waals surface area (Å²) in [7, 11) is 0. The topological polar surface area (TPSA) is 51.8 Å². The molecule has 4 heteroatoms. The number of para-hydroxylation sites is 1. The van der Waals surface area contributed by atoms with Crippen molar-refractivity contribution < 1.29 is 4.42 Å². The van der Waals surface area contributed by atoms with E-state index in [1.807, 2.05) is 72.8 Å². The average Bonchev–Trinajstić information content (AvgIpc) is 3.48. The highest BCUT2D eigenvalue weighted by atomic mass is 16.3. The zero-order valence-corrected chi connectivity index (χ0v) is 24.2. The Morgan fingerprint density at radius 3 is 1.60 bits per heavy atom. The molecule has 0 saturated carbocycles. The van der Waals surface area contributed by atoms with Gasteiger partial charge in [-0.1, -0.05) is 127 Å². The van der Waals surface area contributed by atoms with Gasteiger partial charge in [-0.15, -0.1) is 0 Å². The molecule has 7 aromatic carbocycles. The van der Waals surface area contributed by atoms with Crippen LogP contribution in [-0.2, 0) is 0 Å². The van der Waals surface area contributed by atoms with E-state index in [4.69, 9.17) is 19.4 Å². The summed E-state index contributed by atoms with van der Waals surface area (Å²) in [6, 6.07) is 52.2. The van der Waals surface area contributed by atoms with Crippen molar-refractivity contribution in [1.82, 2.24) is 15.0 Å². The van der Waals surface area contributed by atoms with Crippen LogP contribution in [0.1, 0.15) is 0 Å². The lowest BCUT2D eigenvalue weighted by atomic mass is 9.90. The van der Waals surface area contributed by atoms with E-state index < -0.39 is 0 Å². The molecule has 0 bridgehead atoms. The highest BCUT2D eigenvalue weighted by molar-refractivity contribution is 6.21. The number of nitrogens with zero attached hydrogens (tertiary/aromatic N) is 3. The van der Waals surface area contributed by atoms with Crippen LogP contribution in [0.5, 0.6) is 0 Å². The highest BCUT2D eigenvalue weighted by Crippen LogP contribution is 2.44. The minimum absolute atomic E-state index is 0.634. The van der Waals surface area contributed by atoms with E-state index in [2.05, 4.69) is 78.9 Å². The third-order valence-corrected chi connectivity index (χ3v) is 8.48. The quantitative estimate of drug-likeness (QED) is 0.209. The SMILES string of the molecule is c1ccc(-c2nc(-c3ccccc3)nc(-c3cc(-c4c5ccccc5cc5oc6ccccc6c45)cc4ccccc34)n2)cc1. The normalized spacial score (nSPS) is 11.6. The summed E-state index contributed by atoms with van der Waals surface area (Å²) >= 11 is 0. The largest absolute Gasteiger partial charge is 0.456 e. The van der Waals surface area contributed by atoms with Gasteiger partial charge in [-0.2, -0.15) is 0 Å². The Labute approximate surface area is 259 Å². The molecule has 0 saturated heterocycles. The Morgan fingerprint density at radius 1 is 0.378 bits per heavy atom. The molecule has 0 fully saturated rings. The Bertz CT molecular complexity index is 2480. The molecule has 9 aromatic rings. The lowest BCUT2D eigenvalue weighted by Gasteiger charge is -2.14. The molecule has 2 heterocycles. The summed E-state index contributed by atoms with van der Waals surface area (Å²) in [5.41, 5.74) is 6.81. The molecule has 0 N–H and O–H groups in total. The fourth-order valence-corrected chi connectivity index (χ4v) is 6.42. The number of benzene rings is 7. The Hall–Kier alpha value is -6.13. The van der Waals surface area contributed by atoms with Gasteiger partial charge in [0.25, 0.3) is 0 Å². The average molecular weight is 576 g/mol. The first-order valence-corrected chi connectivity index (χ1v) is 15.0. The third-order valence-electron chi connectivity index (χ3n) is 8.48. The van der Waals surface area contributed by atoms with Crippen LogP contribution in [-0.4, -0.2) is 15.0 Å². The first kappa shape index (κ1) is 25.4. The molecular weight excluding hydrogens is 550 g/mol. The minimum Gasteiger partial charge on any atom is -0.456 e. The smallest absolute Gasteiger partial charge is 0.164 e. The first-order chi connectivity index (χ1) is 22.3. The van der Waals surface area contributed by atoms with Crippen molar-refractivity contribution in [2.24, 2.45) is 0 Å². The van der Waals surface area contributed by atoms with Crippen molar-refractivity contribution in [1.29, 1.82) is 0 Å². The molecule has 0 unspecified atom stereocenters. The fourth-order valence-electron chi connectivity index (χ4n) is 6.42. The van der Waals surface area contributed by atoms with Crippen LogP contribution in [0.2, 0.25) is 0 Å². The summed E-state index contributed by atoms with van der Waals surface area (Å²) < 4.78 is 6.42. The van der Waals surface area contributed by atoms with Gasteiger partial charge in [0.1, 0.15) is 11.2 Å². The molecule has 45 heavy (non-hydrogen) atoms. The van der Waals surface area contributed by atoms with Crippen LogP contribution < -0.4 is 0 Å². The van der Waals surface area contributed by atoms with Gasteiger partial charge in [0.05, 0.1) is 0 Å². The lowest BCUT2D eigenvalue weighted by Crippen LogP contribution is -2.00. The molecule has 0 atom stereocenters. The van der Waals surface area contributed by atoms with E-state index in [1.165, 1.54) is 5.39 Å². The maximum absolute atomic E-state index is 6.42. The van der Waals surface area contributed by atoms with Gasteiger partial charge in [0, 0.05) is 33.0 Å². The van der Waals surface area contributed by atoms with E-state index in [0.29, 0.717) is 17.5 Å². The predicted octanol–water partition coefficient (Wildman–Crippen LogP) is 10.7. The minimum atomic E-state index is 0.634. The number of aromatic nitrogens is 3. The molecule has 0 radical (unpaired) electrons. The molecule has 0 spiro atoms. The summed E-state index contributed by atoms with van der Waals surface area (Å²) in [6.07, 6.45) is 0. The van der Waals surface area contributed by atoms with E-state index in [9.17, 15) is 0 Å². The molecule has 0 aliphatic heterocycles. The van der Waals surface area contributed by atoms with Gasteiger partial charge in [0.2, 0.25) is 0 Å². The van der Waals surface area contributed by atoms with E-state index in [-0.39, 0.29) is 0 Å². The van der Waals surface area contributed by atoms with Crippen molar-refractivity contribution in [2.75, 3.05) is 0 Å². The van der Waals surface area contributed by atoms with Gasteiger partial charge in [-0.05, 0) is 51.4 Å². The van der Waals surface area contributed by atoms with Gasteiger partial charge in [0.15, 0.2) is 17.5 Å². The monoisotopic (exact) mass is 575 g/mol. The molecule has 9 rings (SSSR count). The molecule has 2 aromatic heterocycles. The Morgan fingerprint density at radius 2 is 0.911 bits per heavy atom. The van der Waals surface area contributed by atoms with Crippen LogP contribution in [0, 0.1) is 0 Å². The molecule has 0 amide bonds. The number of hydrogen-bond donors (Lipinski definition) is 0. The summed E-state index contributed by atoms with van der Waals surface area (Å²) in [6.45, 7) is 0. The number of hydrogen-bond acceptors (Lipinski definition) is 4. The maximum Gasteiger partial charge on any atom is 0.164 e. The van der Waals surface area contributed by atoms with Gasteiger partial charge < -0.3 is 4.42 Å². The first-order valence-electron chi connectivity index (χ1n) is 15.0. The fraction of sp³-hybridized carbons (Fsp3) is 0. The van der Waals surface area contributed by atoms with Crippen LogP contribution in [0.3, 0.4) is 0 Å². The molecule has 4 nitrogen and oxygen atoms in total. The molecule has 0 aliphatic rings. The lowest BCUT2D eigenvalue weighted by molar-refractivity contribution is 0.669. The maximum atomic E-state index is 6.42. The Kier molecular flexibility index (Phi) is 5.78. The number of furan rings is 1. The van der Waals surface area contributed by atoms with Crippen molar-refractivity contribution in [3.63, 3.8) is 0 Å². The van der Waals surface area contributed by atoms with Crippen LogP contribution in [0.4, 0.5) is 0 Å². The van der Waals surface area contributed by atoms with E-state index in [0.717, 1.165) is 65.9 Å².